The second kappa shape index (κ2) is 5.91. The highest BCUT2D eigenvalue weighted by Crippen LogP contribution is 2.37. The van der Waals surface area contributed by atoms with Crippen LogP contribution in [0.3, 0.4) is 0 Å². The molecule has 1 unspecified atom stereocenters. The molecule has 0 amide bonds. The molecule has 0 aliphatic carbocycles. The highest BCUT2D eigenvalue weighted by molar-refractivity contribution is 9.10. The number of aromatic nitrogens is 1. The van der Waals surface area contributed by atoms with Crippen LogP contribution in [0.1, 0.15) is 18.5 Å². The Morgan fingerprint density at radius 1 is 1.22 bits per heavy atom. The molecule has 1 heterocycles. The molecule has 5 heteroatoms. The van der Waals surface area contributed by atoms with Gasteiger partial charge in [-0.15, -0.1) is 0 Å². The van der Waals surface area contributed by atoms with E-state index in [-0.39, 0.29) is 6.04 Å². The summed E-state index contributed by atoms with van der Waals surface area (Å²) in [5.74, 6) is 0. The van der Waals surface area contributed by atoms with Gasteiger partial charge in [0.25, 0.3) is 0 Å². The molecule has 2 aromatic rings. The maximum Gasteiger partial charge on any atom is 0.0835 e. The van der Waals surface area contributed by atoms with Crippen LogP contribution in [0.5, 0.6) is 0 Å². The van der Waals surface area contributed by atoms with Crippen molar-refractivity contribution in [3.8, 4) is 0 Å². The predicted octanol–water partition coefficient (Wildman–Crippen LogP) is 5.32. The Morgan fingerprint density at radius 2 is 2.00 bits per heavy atom. The van der Waals surface area contributed by atoms with Gasteiger partial charge in [-0.2, -0.15) is 0 Å². The molecule has 0 saturated carbocycles. The van der Waals surface area contributed by atoms with Crippen molar-refractivity contribution < 1.29 is 0 Å². The van der Waals surface area contributed by atoms with Crippen molar-refractivity contribution in [2.45, 2.75) is 13.0 Å². The summed E-state index contributed by atoms with van der Waals surface area (Å²) in [4.78, 5) is 4.09. The summed E-state index contributed by atoms with van der Waals surface area (Å²) in [6.07, 6.45) is 3.58. The van der Waals surface area contributed by atoms with Crippen LogP contribution in [0.4, 0.5) is 5.69 Å². The normalized spacial score (nSPS) is 12.2. The predicted molar refractivity (Wildman–Crippen MR) is 80.4 cm³/mol. The SMILES string of the molecule is CC(Nc1ccc(Br)c(Cl)c1Cl)c1cccnc1. The van der Waals surface area contributed by atoms with E-state index in [1.165, 1.54) is 0 Å². The Balaban J connectivity index is 2.22. The molecule has 94 valence electrons. The third kappa shape index (κ3) is 2.97. The number of nitrogens with one attached hydrogen (secondary N) is 1. The van der Waals surface area contributed by atoms with Gasteiger partial charge in [-0.3, -0.25) is 4.98 Å². The minimum atomic E-state index is 0.105. The Bertz CT molecular complexity index is 546. The number of nitrogens with zero attached hydrogens (tertiary/aromatic N) is 1. The average Bonchev–Trinajstić information content (AvgIpc) is 2.40. The minimum Gasteiger partial charge on any atom is -0.377 e. The second-order valence-corrected chi connectivity index (χ2v) is 5.49. The summed E-state index contributed by atoms with van der Waals surface area (Å²) in [6, 6.07) is 7.79. The zero-order valence-corrected chi connectivity index (χ0v) is 12.7. The molecule has 1 aromatic carbocycles. The van der Waals surface area contributed by atoms with Crippen molar-refractivity contribution in [1.82, 2.24) is 4.98 Å². The van der Waals surface area contributed by atoms with Crippen molar-refractivity contribution in [2.24, 2.45) is 0 Å². The molecule has 1 atom stereocenters. The quantitative estimate of drug-likeness (QED) is 0.761. The summed E-state index contributed by atoms with van der Waals surface area (Å²) in [6.45, 7) is 2.04. The molecule has 1 aromatic heterocycles. The van der Waals surface area contributed by atoms with Gasteiger partial charge in [0, 0.05) is 16.9 Å². The number of rotatable bonds is 3. The molecule has 0 spiro atoms. The number of hydrogen-bond acceptors (Lipinski definition) is 2. The average molecular weight is 346 g/mol. The molecule has 18 heavy (non-hydrogen) atoms. The highest BCUT2D eigenvalue weighted by Gasteiger charge is 2.11. The fourth-order valence-corrected chi connectivity index (χ4v) is 2.41. The van der Waals surface area contributed by atoms with E-state index >= 15 is 0 Å². The molecule has 0 radical (unpaired) electrons. The van der Waals surface area contributed by atoms with Gasteiger partial charge in [0.15, 0.2) is 0 Å². The number of halogens is 3. The Hall–Kier alpha value is -0.770. The van der Waals surface area contributed by atoms with E-state index in [0.29, 0.717) is 10.0 Å². The fourth-order valence-electron chi connectivity index (χ4n) is 1.59. The maximum atomic E-state index is 6.19. The number of pyridine rings is 1. The van der Waals surface area contributed by atoms with Crippen LogP contribution in [0, 0.1) is 0 Å². The lowest BCUT2D eigenvalue weighted by Crippen LogP contribution is -2.07. The molecule has 0 saturated heterocycles. The van der Waals surface area contributed by atoms with Crippen LogP contribution in [0.2, 0.25) is 10.0 Å². The van der Waals surface area contributed by atoms with Gasteiger partial charge in [-0.25, -0.2) is 0 Å². The van der Waals surface area contributed by atoms with Crippen LogP contribution in [-0.2, 0) is 0 Å². The van der Waals surface area contributed by atoms with Gasteiger partial charge in [-0.05, 0) is 46.6 Å². The van der Waals surface area contributed by atoms with E-state index in [1.807, 2.05) is 37.4 Å². The zero-order valence-electron chi connectivity index (χ0n) is 9.62. The van der Waals surface area contributed by atoms with Gasteiger partial charge < -0.3 is 5.32 Å². The Kier molecular flexibility index (Phi) is 4.49. The summed E-state index contributed by atoms with van der Waals surface area (Å²) in [5, 5.41) is 4.35. The van der Waals surface area contributed by atoms with Gasteiger partial charge >= 0.3 is 0 Å². The third-order valence-corrected chi connectivity index (χ3v) is 4.36. The molecule has 0 bridgehead atoms. The van der Waals surface area contributed by atoms with Crippen LogP contribution in [-0.4, -0.2) is 4.98 Å². The smallest absolute Gasteiger partial charge is 0.0835 e. The summed E-state index contributed by atoms with van der Waals surface area (Å²) < 4.78 is 0.786. The first-order chi connectivity index (χ1) is 8.59. The molecule has 2 rings (SSSR count). The van der Waals surface area contributed by atoms with Crippen molar-refractivity contribution in [3.63, 3.8) is 0 Å². The molecule has 1 N–H and O–H groups in total. The summed E-state index contributed by atoms with van der Waals surface area (Å²) in [7, 11) is 0. The largest absolute Gasteiger partial charge is 0.377 e. The van der Waals surface area contributed by atoms with Crippen molar-refractivity contribution >= 4 is 44.8 Å². The maximum absolute atomic E-state index is 6.19. The third-order valence-electron chi connectivity index (χ3n) is 2.59. The minimum absolute atomic E-state index is 0.105. The van der Waals surface area contributed by atoms with Gasteiger partial charge in [0.05, 0.1) is 21.8 Å². The van der Waals surface area contributed by atoms with Gasteiger partial charge in [0.1, 0.15) is 0 Å². The van der Waals surface area contributed by atoms with E-state index < -0.39 is 0 Å². The Morgan fingerprint density at radius 3 is 2.67 bits per heavy atom. The first kappa shape index (κ1) is 13.7. The van der Waals surface area contributed by atoms with Crippen molar-refractivity contribution in [2.75, 3.05) is 5.32 Å². The Labute approximate surface area is 124 Å². The molecule has 0 aliphatic rings. The van der Waals surface area contributed by atoms with Crippen LogP contribution >= 0.6 is 39.1 Å². The van der Waals surface area contributed by atoms with Gasteiger partial charge in [0.2, 0.25) is 0 Å². The molecule has 0 aliphatic heterocycles. The molecular weight excluding hydrogens is 335 g/mol. The van der Waals surface area contributed by atoms with Gasteiger partial charge in [-0.1, -0.05) is 29.3 Å². The van der Waals surface area contributed by atoms with E-state index in [2.05, 4.69) is 26.2 Å². The lowest BCUT2D eigenvalue weighted by Gasteiger charge is -2.17. The number of benzene rings is 1. The molecular formula is C13H11BrCl2N2. The summed E-state index contributed by atoms with van der Waals surface area (Å²) in [5.41, 5.74) is 1.90. The zero-order chi connectivity index (χ0) is 13.1. The lowest BCUT2D eigenvalue weighted by atomic mass is 10.1. The molecule has 0 fully saturated rings. The summed E-state index contributed by atoms with van der Waals surface area (Å²) >= 11 is 15.6. The van der Waals surface area contributed by atoms with Crippen molar-refractivity contribution in [3.05, 3.63) is 56.7 Å². The van der Waals surface area contributed by atoms with E-state index in [0.717, 1.165) is 15.7 Å². The van der Waals surface area contributed by atoms with Crippen LogP contribution in [0.25, 0.3) is 0 Å². The first-order valence-corrected chi connectivity index (χ1v) is 6.94. The van der Waals surface area contributed by atoms with E-state index in [1.54, 1.807) is 6.20 Å². The first-order valence-electron chi connectivity index (χ1n) is 5.39. The number of anilines is 1. The lowest BCUT2D eigenvalue weighted by molar-refractivity contribution is 0.876. The fraction of sp³-hybridized carbons (Fsp3) is 0.154. The van der Waals surface area contributed by atoms with E-state index in [9.17, 15) is 0 Å². The second-order valence-electron chi connectivity index (χ2n) is 3.88. The standard InChI is InChI=1S/C13H11BrCl2N2/c1-8(9-3-2-6-17-7-9)18-11-5-4-10(14)12(15)13(11)16/h2-8,18H,1H3. The van der Waals surface area contributed by atoms with E-state index in [4.69, 9.17) is 23.2 Å². The molecule has 2 nitrogen and oxygen atoms in total. The topological polar surface area (TPSA) is 24.9 Å². The highest BCUT2D eigenvalue weighted by atomic mass is 79.9. The monoisotopic (exact) mass is 344 g/mol. The van der Waals surface area contributed by atoms with Crippen molar-refractivity contribution in [1.29, 1.82) is 0 Å². The number of hydrogen-bond donors (Lipinski definition) is 1. The van der Waals surface area contributed by atoms with Crippen LogP contribution < -0.4 is 5.32 Å². The van der Waals surface area contributed by atoms with Crippen LogP contribution in [0.15, 0.2) is 41.1 Å².